The second kappa shape index (κ2) is 6.37. The van der Waals surface area contributed by atoms with E-state index in [1.807, 2.05) is 38.2 Å². The number of halogens is 2. The van der Waals surface area contributed by atoms with Crippen molar-refractivity contribution < 1.29 is 9.13 Å². The third-order valence-corrected chi connectivity index (χ3v) is 3.96. The van der Waals surface area contributed by atoms with Crippen LogP contribution >= 0.6 is 15.9 Å². The van der Waals surface area contributed by atoms with Crippen LogP contribution in [0.15, 0.2) is 40.9 Å². The molecule has 2 aromatic rings. The smallest absolute Gasteiger partial charge is 0.133 e. The summed E-state index contributed by atoms with van der Waals surface area (Å²) in [6, 6.07) is 10.8. The third-order valence-electron chi connectivity index (χ3n) is 3.34. The van der Waals surface area contributed by atoms with Gasteiger partial charge >= 0.3 is 0 Å². The molecule has 0 aliphatic carbocycles. The summed E-state index contributed by atoms with van der Waals surface area (Å²) in [6.07, 6.45) is 0. The molecule has 106 valence electrons. The molecule has 1 unspecified atom stereocenters. The molecule has 0 amide bonds. The molecule has 0 aliphatic rings. The number of aryl methyl sites for hydroxylation is 1. The SMILES string of the molecule is CNC(c1ccc(OC)c(Br)c1)c1ccc(F)cc1C. The Morgan fingerprint density at radius 2 is 1.95 bits per heavy atom. The van der Waals surface area contributed by atoms with Crippen LogP contribution < -0.4 is 10.1 Å². The lowest BCUT2D eigenvalue weighted by Gasteiger charge is -2.20. The Kier molecular flexibility index (Phi) is 4.78. The van der Waals surface area contributed by atoms with Crippen LogP contribution in [0.4, 0.5) is 4.39 Å². The van der Waals surface area contributed by atoms with Gasteiger partial charge in [0.15, 0.2) is 0 Å². The molecule has 0 fully saturated rings. The molecular weight excluding hydrogens is 321 g/mol. The fourth-order valence-corrected chi connectivity index (χ4v) is 2.89. The van der Waals surface area contributed by atoms with E-state index in [1.54, 1.807) is 13.2 Å². The number of hydrogen-bond donors (Lipinski definition) is 1. The van der Waals surface area contributed by atoms with Crippen molar-refractivity contribution in [2.45, 2.75) is 13.0 Å². The summed E-state index contributed by atoms with van der Waals surface area (Å²) in [5.41, 5.74) is 3.08. The van der Waals surface area contributed by atoms with Gasteiger partial charge in [0.2, 0.25) is 0 Å². The van der Waals surface area contributed by atoms with Crippen LogP contribution in [0.5, 0.6) is 5.75 Å². The first kappa shape index (κ1) is 15.0. The molecule has 1 N–H and O–H groups in total. The fourth-order valence-electron chi connectivity index (χ4n) is 2.33. The molecule has 0 saturated heterocycles. The first-order valence-electron chi connectivity index (χ1n) is 6.33. The standard InChI is InChI=1S/C16H17BrFNO/c1-10-8-12(18)5-6-13(10)16(19-2)11-4-7-15(20-3)14(17)9-11/h4-9,16,19H,1-3H3. The summed E-state index contributed by atoms with van der Waals surface area (Å²) in [5.74, 6) is 0.580. The van der Waals surface area contributed by atoms with Gasteiger partial charge in [-0.1, -0.05) is 12.1 Å². The zero-order valence-corrected chi connectivity index (χ0v) is 13.3. The quantitative estimate of drug-likeness (QED) is 0.902. The first-order valence-corrected chi connectivity index (χ1v) is 7.13. The van der Waals surface area contributed by atoms with E-state index in [2.05, 4.69) is 21.2 Å². The predicted molar refractivity (Wildman–Crippen MR) is 82.7 cm³/mol. The van der Waals surface area contributed by atoms with Gasteiger partial charge in [-0.3, -0.25) is 0 Å². The Bertz CT molecular complexity index is 615. The van der Waals surface area contributed by atoms with Crippen LogP contribution in [0.25, 0.3) is 0 Å². The van der Waals surface area contributed by atoms with E-state index < -0.39 is 0 Å². The van der Waals surface area contributed by atoms with E-state index in [9.17, 15) is 4.39 Å². The van der Waals surface area contributed by atoms with Gasteiger partial charge in [0.25, 0.3) is 0 Å². The van der Waals surface area contributed by atoms with Crippen molar-refractivity contribution in [2.24, 2.45) is 0 Å². The van der Waals surface area contributed by atoms with Crippen LogP contribution in [-0.4, -0.2) is 14.2 Å². The first-order chi connectivity index (χ1) is 9.56. The van der Waals surface area contributed by atoms with Gasteiger partial charge in [0, 0.05) is 0 Å². The minimum atomic E-state index is -0.211. The number of ether oxygens (including phenoxy) is 1. The topological polar surface area (TPSA) is 21.3 Å². The van der Waals surface area contributed by atoms with Crippen molar-refractivity contribution in [3.63, 3.8) is 0 Å². The predicted octanol–water partition coefficient (Wildman–Crippen LogP) is 4.21. The molecule has 0 bridgehead atoms. The molecule has 2 rings (SSSR count). The second-order valence-electron chi connectivity index (χ2n) is 4.62. The summed E-state index contributed by atoms with van der Waals surface area (Å²) in [6.45, 7) is 1.92. The Morgan fingerprint density at radius 1 is 1.20 bits per heavy atom. The number of methoxy groups -OCH3 is 1. The molecule has 0 aromatic heterocycles. The summed E-state index contributed by atoms with van der Waals surface area (Å²) >= 11 is 3.49. The van der Waals surface area contributed by atoms with Gasteiger partial charge in [0.05, 0.1) is 17.6 Å². The van der Waals surface area contributed by atoms with Crippen molar-refractivity contribution in [3.8, 4) is 5.75 Å². The van der Waals surface area contributed by atoms with Crippen LogP contribution in [0.1, 0.15) is 22.7 Å². The maximum Gasteiger partial charge on any atom is 0.133 e. The Morgan fingerprint density at radius 3 is 2.50 bits per heavy atom. The zero-order valence-electron chi connectivity index (χ0n) is 11.7. The van der Waals surface area contributed by atoms with Crippen molar-refractivity contribution >= 4 is 15.9 Å². The number of nitrogens with one attached hydrogen (secondary N) is 1. The highest BCUT2D eigenvalue weighted by Crippen LogP contribution is 2.31. The average Bonchev–Trinajstić information content (AvgIpc) is 2.42. The number of rotatable bonds is 4. The highest BCUT2D eigenvalue weighted by atomic mass is 79.9. The lowest BCUT2D eigenvalue weighted by molar-refractivity contribution is 0.412. The summed E-state index contributed by atoms with van der Waals surface area (Å²) < 4.78 is 19.4. The maximum absolute atomic E-state index is 13.2. The van der Waals surface area contributed by atoms with Gasteiger partial charge in [-0.05, 0) is 70.9 Å². The monoisotopic (exact) mass is 337 g/mol. The van der Waals surface area contributed by atoms with E-state index >= 15 is 0 Å². The van der Waals surface area contributed by atoms with Crippen molar-refractivity contribution in [1.82, 2.24) is 5.32 Å². The largest absolute Gasteiger partial charge is 0.496 e. The van der Waals surface area contributed by atoms with Gasteiger partial charge in [0.1, 0.15) is 11.6 Å². The minimum Gasteiger partial charge on any atom is -0.496 e. The molecule has 4 heteroatoms. The van der Waals surface area contributed by atoms with Crippen molar-refractivity contribution in [2.75, 3.05) is 14.2 Å². The van der Waals surface area contributed by atoms with Gasteiger partial charge in [-0.2, -0.15) is 0 Å². The Hall–Kier alpha value is -1.39. The number of hydrogen-bond acceptors (Lipinski definition) is 2. The van der Waals surface area contributed by atoms with Crippen molar-refractivity contribution in [1.29, 1.82) is 0 Å². The van der Waals surface area contributed by atoms with E-state index in [4.69, 9.17) is 4.74 Å². The van der Waals surface area contributed by atoms with Crippen LogP contribution in [0.3, 0.4) is 0 Å². The van der Waals surface area contributed by atoms with Gasteiger partial charge in [-0.15, -0.1) is 0 Å². The van der Waals surface area contributed by atoms with Crippen LogP contribution in [-0.2, 0) is 0 Å². The van der Waals surface area contributed by atoms with Crippen LogP contribution in [0.2, 0.25) is 0 Å². The normalized spacial score (nSPS) is 12.2. The van der Waals surface area contributed by atoms with Crippen LogP contribution in [0, 0.1) is 12.7 Å². The van der Waals surface area contributed by atoms with Gasteiger partial charge in [-0.25, -0.2) is 4.39 Å². The molecule has 0 heterocycles. The highest BCUT2D eigenvalue weighted by Gasteiger charge is 2.16. The Labute approximate surface area is 127 Å². The molecule has 0 saturated carbocycles. The maximum atomic E-state index is 13.2. The lowest BCUT2D eigenvalue weighted by Crippen LogP contribution is -2.18. The summed E-state index contributed by atoms with van der Waals surface area (Å²) in [4.78, 5) is 0. The highest BCUT2D eigenvalue weighted by molar-refractivity contribution is 9.10. The van der Waals surface area contributed by atoms with E-state index in [1.165, 1.54) is 6.07 Å². The molecule has 2 nitrogen and oxygen atoms in total. The third kappa shape index (κ3) is 3.02. The van der Waals surface area contributed by atoms with Crippen molar-refractivity contribution in [3.05, 3.63) is 63.4 Å². The molecule has 20 heavy (non-hydrogen) atoms. The minimum absolute atomic E-state index is 0.0119. The summed E-state index contributed by atoms with van der Waals surface area (Å²) in [7, 11) is 3.53. The zero-order chi connectivity index (χ0) is 14.7. The van der Waals surface area contributed by atoms with Gasteiger partial charge < -0.3 is 10.1 Å². The second-order valence-corrected chi connectivity index (χ2v) is 5.47. The fraction of sp³-hybridized carbons (Fsp3) is 0.250. The average molecular weight is 338 g/mol. The molecule has 2 aromatic carbocycles. The molecule has 1 atom stereocenters. The van der Waals surface area contributed by atoms with E-state index in [0.29, 0.717) is 0 Å². The van der Waals surface area contributed by atoms with E-state index in [-0.39, 0.29) is 11.9 Å². The Balaban J connectivity index is 2.44. The number of benzene rings is 2. The molecule has 0 radical (unpaired) electrons. The molecular formula is C16H17BrFNO. The molecule has 0 spiro atoms. The lowest BCUT2D eigenvalue weighted by atomic mass is 9.95. The van der Waals surface area contributed by atoms with E-state index in [0.717, 1.165) is 26.9 Å². The molecule has 0 aliphatic heterocycles. The summed E-state index contributed by atoms with van der Waals surface area (Å²) in [5, 5.41) is 3.28.